The lowest BCUT2D eigenvalue weighted by Crippen LogP contribution is -2.42. The lowest BCUT2D eigenvalue weighted by Gasteiger charge is -2.28. The fraction of sp³-hybridized carbons (Fsp3) is 0.111. The van der Waals surface area contributed by atoms with Crippen molar-refractivity contribution in [3.8, 4) is 5.75 Å². The zero-order valence-corrected chi connectivity index (χ0v) is 30.1. The predicted molar refractivity (Wildman–Crippen MR) is 203 cm³/mol. The molecule has 0 atom stereocenters. The van der Waals surface area contributed by atoms with Gasteiger partial charge >= 0.3 is 0 Å². The highest BCUT2D eigenvalue weighted by molar-refractivity contribution is 14.1. The predicted octanol–water partition coefficient (Wildman–Crippen LogP) is 7.85. The number of allylic oxidation sites excluding steroid dienone is 4. The minimum absolute atomic E-state index is 0.0736. The van der Waals surface area contributed by atoms with E-state index in [0.717, 1.165) is 30.0 Å². The SMILES string of the molecule is C=C/C=C\C(=C/C)N1C(=O)/C(=C/c2cc(I)c(OCC=C)c(I)c2)C(=O)N=C1SCC(=O)NC(c1ccccc1)c1ccccc1. The van der Waals surface area contributed by atoms with Crippen molar-refractivity contribution >= 4 is 85.9 Å². The number of rotatable bonds is 12. The number of nitrogens with zero attached hydrogens (tertiary/aromatic N) is 2. The maximum Gasteiger partial charge on any atom is 0.285 e. The Morgan fingerprint density at radius 3 is 2.17 bits per heavy atom. The Hall–Kier alpha value is -3.75. The first-order valence-corrected chi connectivity index (χ1v) is 17.3. The van der Waals surface area contributed by atoms with E-state index in [1.807, 2.05) is 72.8 Å². The molecule has 1 heterocycles. The second-order valence-electron chi connectivity index (χ2n) is 9.73. The van der Waals surface area contributed by atoms with Gasteiger partial charge in [0.05, 0.1) is 18.9 Å². The van der Waals surface area contributed by atoms with Crippen LogP contribution in [0.1, 0.15) is 29.7 Å². The van der Waals surface area contributed by atoms with Crippen LogP contribution >= 0.6 is 56.9 Å². The summed E-state index contributed by atoms with van der Waals surface area (Å²) in [5.74, 6) is -0.883. The number of benzene rings is 3. The minimum Gasteiger partial charge on any atom is -0.487 e. The monoisotopic (exact) mass is 855 g/mol. The molecule has 10 heteroatoms. The third kappa shape index (κ3) is 8.95. The molecule has 0 aliphatic carbocycles. The fourth-order valence-corrected chi connectivity index (χ4v) is 7.44. The van der Waals surface area contributed by atoms with E-state index in [9.17, 15) is 14.4 Å². The van der Waals surface area contributed by atoms with Gasteiger partial charge in [0.1, 0.15) is 17.9 Å². The van der Waals surface area contributed by atoms with E-state index in [4.69, 9.17) is 4.74 Å². The highest BCUT2D eigenvalue weighted by Crippen LogP contribution is 2.32. The van der Waals surface area contributed by atoms with E-state index in [2.05, 4.69) is 68.6 Å². The Labute approximate surface area is 300 Å². The minimum atomic E-state index is -0.684. The molecule has 234 valence electrons. The third-order valence-corrected chi connectivity index (χ3v) is 9.13. The van der Waals surface area contributed by atoms with Gasteiger partial charge in [-0.1, -0.05) is 110 Å². The molecule has 0 aromatic heterocycles. The van der Waals surface area contributed by atoms with E-state index in [-0.39, 0.29) is 28.4 Å². The molecule has 0 unspecified atom stereocenters. The van der Waals surface area contributed by atoms with Gasteiger partial charge in [0.25, 0.3) is 11.8 Å². The van der Waals surface area contributed by atoms with Gasteiger partial charge in [-0.2, -0.15) is 4.99 Å². The lowest BCUT2D eigenvalue weighted by molar-refractivity contribution is -0.126. The summed E-state index contributed by atoms with van der Waals surface area (Å²) in [4.78, 5) is 46.3. The Kier molecular flexibility index (Phi) is 13.2. The summed E-state index contributed by atoms with van der Waals surface area (Å²) < 4.78 is 7.41. The van der Waals surface area contributed by atoms with E-state index in [0.29, 0.717) is 23.6 Å². The van der Waals surface area contributed by atoms with Crippen LogP contribution in [0.25, 0.3) is 6.08 Å². The Bertz CT molecular complexity index is 1690. The number of hydrogen-bond acceptors (Lipinski definition) is 5. The standard InChI is InChI=1S/C36H31I2N3O4S/c1-4-7-18-27(6-3)41-35(44)28(20-24-21-29(37)33(30(38)22-24)45-19-5-2)34(43)40-36(41)46-23-31(42)39-32(25-14-10-8-11-15-25)26-16-12-9-13-17-26/h4-18,20-22,32H,1-2,19,23H2,3H3,(H,39,42)/b18-7-,27-6+,28-20+. The number of aliphatic imine (C=N–C) groups is 1. The van der Waals surface area contributed by atoms with Gasteiger partial charge in [0, 0.05) is 5.70 Å². The van der Waals surface area contributed by atoms with Gasteiger partial charge in [-0.15, -0.1) is 0 Å². The summed E-state index contributed by atoms with van der Waals surface area (Å²) in [5, 5.41) is 3.21. The van der Waals surface area contributed by atoms with Gasteiger partial charge < -0.3 is 10.1 Å². The van der Waals surface area contributed by atoms with Crippen molar-refractivity contribution in [3.05, 3.63) is 151 Å². The number of halogens is 2. The lowest BCUT2D eigenvalue weighted by atomic mass is 9.99. The third-order valence-electron chi connectivity index (χ3n) is 6.59. The molecule has 0 radical (unpaired) electrons. The first-order chi connectivity index (χ1) is 22.3. The molecular weight excluding hydrogens is 824 g/mol. The summed E-state index contributed by atoms with van der Waals surface area (Å²) in [5.41, 5.74) is 2.90. The van der Waals surface area contributed by atoms with Crippen molar-refractivity contribution < 1.29 is 19.1 Å². The fourth-order valence-electron chi connectivity index (χ4n) is 4.50. The number of ether oxygens (including phenoxy) is 1. The van der Waals surface area contributed by atoms with Crippen LogP contribution in [-0.2, 0) is 14.4 Å². The molecule has 1 aliphatic rings. The summed E-state index contributed by atoms with van der Waals surface area (Å²) in [6.07, 6.45) is 9.91. The number of hydrogen-bond donors (Lipinski definition) is 1. The number of carbonyl (C=O) groups is 3. The summed E-state index contributed by atoms with van der Waals surface area (Å²) in [7, 11) is 0. The second-order valence-corrected chi connectivity index (χ2v) is 13.0. The average Bonchev–Trinajstić information content (AvgIpc) is 3.06. The normalized spacial score (nSPS) is 14.5. The molecule has 3 amide bonds. The molecule has 0 saturated carbocycles. The maximum atomic E-state index is 14.0. The Morgan fingerprint density at radius 2 is 1.63 bits per heavy atom. The van der Waals surface area contributed by atoms with E-state index in [1.54, 1.807) is 37.3 Å². The number of carbonyl (C=O) groups excluding carboxylic acids is 3. The van der Waals surface area contributed by atoms with Gasteiger partial charge in [-0.25, -0.2) is 0 Å². The number of amidine groups is 1. The van der Waals surface area contributed by atoms with Gasteiger partial charge in [-0.05, 0) is 93.1 Å². The first-order valence-electron chi connectivity index (χ1n) is 14.2. The van der Waals surface area contributed by atoms with Crippen LogP contribution < -0.4 is 10.1 Å². The molecule has 46 heavy (non-hydrogen) atoms. The van der Waals surface area contributed by atoms with Crippen molar-refractivity contribution in [1.29, 1.82) is 0 Å². The zero-order chi connectivity index (χ0) is 33.1. The van der Waals surface area contributed by atoms with Crippen LogP contribution in [-0.4, -0.2) is 40.1 Å². The van der Waals surface area contributed by atoms with Crippen LogP contribution in [0.4, 0.5) is 0 Å². The first kappa shape index (κ1) is 35.1. The van der Waals surface area contributed by atoms with Crippen LogP contribution in [0.5, 0.6) is 5.75 Å². The molecule has 1 N–H and O–H groups in total. The molecule has 0 bridgehead atoms. The second kappa shape index (κ2) is 17.2. The van der Waals surface area contributed by atoms with Crippen molar-refractivity contribution in [3.63, 3.8) is 0 Å². The van der Waals surface area contributed by atoms with Crippen LogP contribution in [0.3, 0.4) is 0 Å². The van der Waals surface area contributed by atoms with E-state index < -0.39 is 11.8 Å². The van der Waals surface area contributed by atoms with Crippen LogP contribution in [0.15, 0.2) is 133 Å². The van der Waals surface area contributed by atoms with Crippen molar-refractivity contribution in [2.24, 2.45) is 4.99 Å². The molecule has 1 aliphatic heterocycles. The highest BCUT2D eigenvalue weighted by Gasteiger charge is 2.35. The molecule has 3 aromatic carbocycles. The van der Waals surface area contributed by atoms with E-state index in [1.165, 1.54) is 11.0 Å². The number of thioether (sulfide) groups is 1. The summed E-state index contributed by atoms with van der Waals surface area (Å²) in [6.45, 7) is 9.55. The maximum absolute atomic E-state index is 14.0. The number of nitrogens with one attached hydrogen (secondary N) is 1. The molecule has 3 aromatic rings. The molecular formula is C36H31I2N3O4S. The van der Waals surface area contributed by atoms with Gasteiger partial charge in [-0.3, -0.25) is 19.3 Å². The van der Waals surface area contributed by atoms with Crippen LogP contribution in [0.2, 0.25) is 0 Å². The number of amides is 3. The van der Waals surface area contributed by atoms with Crippen LogP contribution in [0, 0.1) is 7.14 Å². The van der Waals surface area contributed by atoms with Crippen molar-refractivity contribution in [1.82, 2.24) is 10.2 Å². The molecule has 0 saturated heterocycles. The smallest absolute Gasteiger partial charge is 0.285 e. The van der Waals surface area contributed by atoms with E-state index >= 15 is 0 Å². The molecule has 0 spiro atoms. The Morgan fingerprint density at radius 1 is 1.02 bits per heavy atom. The zero-order valence-electron chi connectivity index (χ0n) is 25.0. The quantitative estimate of drug-likeness (QED) is 0.0660. The summed E-state index contributed by atoms with van der Waals surface area (Å²) >= 11 is 5.34. The largest absolute Gasteiger partial charge is 0.487 e. The van der Waals surface area contributed by atoms with Crippen molar-refractivity contribution in [2.45, 2.75) is 13.0 Å². The molecule has 0 fully saturated rings. The highest BCUT2D eigenvalue weighted by atomic mass is 127. The Balaban J connectivity index is 1.63. The average molecular weight is 856 g/mol. The van der Waals surface area contributed by atoms with Gasteiger partial charge in [0.15, 0.2) is 5.17 Å². The van der Waals surface area contributed by atoms with Crippen molar-refractivity contribution in [2.75, 3.05) is 12.4 Å². The molecule has 7 nitrogen and oxygen atoms in total. The topological polar surface area (TPSA) is 88.1 Å². The van der Waals surface area contributed by atoms with Gasteiger partial charge in [0.2, 0.25) is 5.91 Å². The molecule has 4 rings (SSSR count). The summed E-state index contributed by atoms with van der Waals surface area (Å²) in [6, 6.07) is 22.6.